The number of rotatable bonds is 0. The summed E-state index contributed by atoms with van der Waals surface area (Å²) in [6, 6.07) is 1.73. The molecule has 0 amide bonds. The van der Waals surface area contributed by atoms with E-state index in [1.165, 1.54) is 25.9 Å². The van der Waals surface area contributed by atoms with E-state index >= 15 is 0 Å². The summed E-state index contributed by atoms with van der Waals surface area (Å²) in [6.07, 6.45) is 2.84. The highest BCUT2D eigenvalue weighted by atomic mass is 35.5. The van der Waals surface area contributed by atoms with Gasteiger partial charge in [0, 0.05) is 25.2 Å². The second kappa shape index (κ2) is 4.66. The van der Waals surface area contributed by atoms with Crippen molar-refractivity contribution in [3.63, 3.8) is 0 Å². The minimum absolute atomic E-state index is 0. The number of nitrogens with zero attached hydrogens (tertiary/aromatic N) is 2. The largest absolute Gasteiger partial charge is 0.303 e. The SMILES string of the molecule is CN1CC2CCC(C1)N2C.Cl.Cl. The molecular formula is C8H18Cl2N2. The summed E-state index contributed by atoms with van der Waals surface area (Å²) in [6.45, 7) is 2.57. The minimum atomic E-state index is 0. The minimum Gasteiger partial charge on any atom is -0.303 e. The molecule has 2 heterocycles. The molecule has 12 heavy (non-hydrogen) atoms. The Bertz CT molecular complexity index is 129. The van der Waals surface area contributed by atoms with E-state index in [4.69, 9.17) is 0 Å². The van der Waals surface area contributed by atoms with E-state index in [0.29, 0.717) is 0 Å². The van der Waals surface area contributed by atoms with Gasteiger partial charge in [0.25, 0.3) is 0 Å². The maximum Gasteiger partial charge on any atom is 0.0224 e. The number of fused-ring (bicyclic) bond motifs is 2. The third-order valence-corrected chi connectivity index (χ3v) is 3.03. The van der Waals surface area contributed by atoms with Crippen molar-refractivity contribution in [1.29, 1.82) is 0 Å². The van der Waals surface area contributed by atoms with Gasteiger partial charge in [0.05, 0.1) is 0 Å². The number of likely N-dealkylation sites (tertiary alicyclic amines) is 1. The quantitative estimate of drug-likeness (QED) is 0.597. The predicted octanol–water partition coefficient (Wildman–Crippen LogP) is 1.24. The highest BCUT2D eigenvalue weighted by molar-refractivity contribution is 5.85. The smallest absolute Gasteiger partial charge is 0.0224 e. The lowest BCUT2D eigenvalue weighted by Gasteiger charge is -2.36. The molecule has 0 radical (unpaired) electrons. The molecule has 2 aliphatic heterocycles. The summed E-state index contributed by atoms with van der Waals surface area (Å²) in [5, 5.41) is 0. The molecule has 0 spiro atoms. The molecule has 0 aliphatic carbocycles. The monoisotopic (exact) mass is 212 g/mol. The van der Waals surface area contributed by atoms with Crippen LogP contribution in [-0.4, -0.2) is 49.1 Å². The number of likely N-dealkylation sites (N-methyl/N-ethyl adjacent to an activating group) is 2. The average Bonchev–Trinajstić information content (AvgIpc) is 2.20. The van der Waals surface area contributed by atoms with Crippen LogP contribution in [0.1, 0.15) is 12.8 Å². The Balaban J connectivity index is 0.000000605. The van der Waals surface area contributed by atoms with Crippen LogP contribution < -0.4 is 0 Å². The van der Waals surface area contributed by atoms with Gasteiger partial charge in [0.1, 0.15) is 0 Å². The van der Waals surface area contributed by atoms with Gasteiger partial charge < -0.3 is 4.90 Å². The molecule has 2 unspecified atom stereocenters. The van der Waals surface area contributed by atoms with Gasteiger partial charge >= 0.3 is 0 Å². The first-order chi connectivity index (χ1) is 4.77. The number of hydrogen-bond donors (Lipinski definition) is 0. The van der Waals surface area contributed by atoms with Crippen molar-refractivity contribution < 1.29 is 0 Å². The zero-order valence-electron chi connectivity index (χ0n) is 7.69. The van der Waals surface area contributed by atoms with Crippen LogP contribution in [0.4, 0.5) is 0 Å². The second-order valence-electron chi connectivity index (χ2n) is 3.77. The van der Waals surface area contributed by atoms with Gasteiger partial charge in [-0.05, 0) is 26.9 Å². The standard InChI is InChI=1S/C8H16N2.2ClH/c1-9-5-7-3-4-8(6-9)10(7)2;;/h7-8H,3-6H2,1-2H3;2*1H. The molecule has 2 atom stereocenters. The molecule has 2 rings (SSSR count). The molecule has 2 saturated heterocycles. The van der Waals surface area contributed by atoms with Crippen LogP contribution in [0.2, 0.25) is 0 Å². The highest BCUT2D eigenvalue weighted by Gasteiger charge is 2.35. The van der Waals surface area contributed by atoms with Gasteiger partial charge in [-0.1, -0.05) is 0 Å². The van der Waals surface area contributed by atoms with Crippen LogP contribution in [-0.2, 0) is 0 Å². The molecule has 74 valence electrons. The van der Waals surface area contributed by atoms with Crippen molar-refractivity contribution in [2.24, 2.45) is 0 Å². The Kier molecular flexibility index (Phi) is 4.85. The molecular weight excluding hydrogens is 195 g/mol. The molecule has 2 aliphatic rings. The lowest BCUT2D eigenvalue weighted by molar-refractivity contribution is 0.107. The Morgan fingerprint density at radius 2 is 1.33 bits per heavy atom. The van der Waals surface area contributed by atoms with E-state index in [9.17, 15) is 0 Å². The zero-order valence-corrected chi connectivity index (χ0v) is 9.33. The third kappa shape index (κ3) is 2.05. The van der Waals surface area contributed by atoms with Crippen LogP contribution in [0.25, 0.3) is 0 Å². The van der Waals surface area contributed by atoms with Gasteiger partial charge in [0.15, 0.2) is 0 Å². The maximum atomic E-state index is 2.56. The fourth-order valence-electron chi connectivity index (χ4n) is 2.32. The summed E-state index contributed by atoms with van der Waals surface area (Å²) < 4.78 is 0. The van der Waals surface area contributed by atoms with Crippen LogP contribution in [0.3, 0.4) is 0 Å². The second-order valence-corrected chi connectivity index (χ2v) is 3.77. The van der Waals surface area contributed by atoms with Crippen molar-refractivity contribution in [3.05, 3.63) is 0 Å². The topological polar surface area (TPSA) is 6.48 Å². The average molecular weight is 213 g/mol. The fraction of sp³-hybridized carbons (Fsp3) is 1.00. The van der Waals surface area contributed by atoms with Crippen molar-refractivity contribution in [1.82, 2.24) is 9.80 Å². The van der Waals surface area contributed by atoms with Gasteiger partial charge in [-0.25, -0.2) is 0 Å². The Labute approximate surface area is 87.1 Å². The van der Waals surface area contributed by atoms with Crippen molar-refractivity contribution in [3.8, 4) is 0 Å². The molecule has 4 heteroatoms. The molecule has 0 aromatic carbocycles. The van der Waals surface area contributed by atoms with Gasteiger partial charge in [-0.3, -0.25) is 4.90 Å². The predicted molar refractivity (Wildman–Crippen MR) is 56.6 cm³/mol. The van der Waals surface area contributed by atoms with Gasteiger partial charge in [0.2, 0.25) is 0 Å². The lowest BCUT2D eigenvalue weighted by Crippen LogP contribution is -2.50. The first kappa shape index (κ1) is 12.5. The van der Waals surface area contributed by atoms with Gasteiger partial charge in [-0.2, -0.15) is 0 Å². The summed E-state index contributed by atoms with van der Waals surface area (Å²) in [7, 11) is 4.51. The zero-order chi connectivity index (χ0) is 7.14. The first-order valence-corrected chi connectivity index (χ1v) is 4.18. The Hall–Kier alpha value is 0.500. The Morgan fingerprint density at radius 1 is 0.917 bits per heavy atom. The summed E-state index contributed by atoms with van der Waals surface area (Å²) in [4.78, 5) is 5.02. The molecule has 0 N–H and O–H groups in total. The van der Waals surface area contributed by atoms with E-state index in [2.05, 4.69) is 23.9 Å². The molecule has 2 nitrogen and oxygen atoms in total. The molecule has 0 aromatic heterocycles. The van der Waals surface area contributed by atoms with E-state index in [-0.39, 0.29) is 24.8 Å². The third-order valence-electron chi connectivity index (χ3n) is 3.03. The van der Waals surface area contributed by atoms with Crippen LogP contribution in [0.5, 0.6) is 0 Å². The molecule has 2 bridgehead atoms. The summed E-state index contributed by atoms with van der Waals surface area (Å²) >= 11 is 0. The number of halogens is 2. The first-order valence-electron chi connectivity index (χ1n) is 4.18. The normalized spacial score (nSPS) is 35.5. The number of piperazine rings is 1. The Morgan fingerprint density at radius 3 is 1.75 bits per heavy atom. The van der Waals surface area contributed by atoms with Crippen molar-refractivity contribution >= 4 is 24.8 Å². The van der Waals surface area contributed by atoms with E-state index < -0.39 is 0 Å². The molecule has 0 aromatic rings. The van der Waals surface area contributed by atoms with E-state index in [1.807, 2.05) is 0 Å². The fourth-order valence-corrected chi connectivity index (χ4v) is 2.32. The number of hydrogen-bond acceptors (Lipinski definition) is 2. The highest BCUT2D eigenvalue weighted by Crippen LogP contribution is 2.27. The van der Waals surface area contributed by atoms with Crippen LogP contribution in [0.15, 0.2) is 0 Å². The summed E-state index contributed by atoms with van der Waals surface area (Å²) in [5.74, 6) is 0. The molecule has 0 saturated carbocycles. The molecule has 2 fully saturated rings. The van der Waals surface area contributed by atoms with Gasteiger partial charge in [-0.15, -0.1) is 24.8 Å². The van der Waals surface area contributed by atoms with E-state index in [0.717, 1.165) is 12.1 Å². The lowest BCUT2D eigenvalue weighted by atomic mass is 10.2. The summed E-state index contributed by atoms with van der Waals surface area (Å²) in [5.41, 5.74) is 0. The van der Waals surface area contributed by atoms with Crippen LogP contribution >= 0.6 is 24.8 Å². The van der Waals surface area contributed by atoms with Crippen molar-refractivity contribution in [2.75, 3.05) is 27.2 Å². The maximum absolute atomic E-state index is 2.56. The van der Waals surface area contributed by atoms with E-state index in [1.54, 1.807) is 0 Å². The van der Waals surface area contributed by atoms with Crippen molar-refractivity contribution in [2.45, 2.75) is 24.9 Å². The van der Waals surface area contributed by atoms with Crippen LogP contribution in [0, 0.1) is 0 Å².